The standard InChI is InChI=1S/C11H16N4O/c1-9-4-2-5-13-10(9)8-14-6-3-7-15(12)11(14)16/h2,4-5H,3,6-8,12H2,1H3. The van der Waals surface area contributed by atoms with Crippen LogP contribution in [-0.4, -0.2) is 34.0 Å². The van der Waals surface area contributed by atoms with Crippen molar-refractivity contribution in [2.24, 2.45) is 5.84 Å². The smallest absolute Gasteiger partial charge is 0.318 e. The fourth-order valence-corrected chi connectivity index (χ4v) is 1.82. The molecule has 1 aromatic heterocycles. The predicted molar refractivity (Wildman–Crippen MR) is 60.3 cm³/mol. The number of amides is 2. The Morgan fingerprint density at radius 1 is 1.50 bits per heavy atom. The first kappa shape index (κ1) is 10.9. The Bertz CT molecular complexity index is 393. The highest BCUT2D eigenvalue weighted by Gasteiger charge is 2.23. The maximum Gasteiger partial charge on any atom is 0.334 e. The van der Waals surface area contributed by atoms with Crippen LogP contribution in [0.2, 0.25) is 0 Å². The van der Waals surface area contributed by atoms with E-state index in [0.29, 0.717) is 13.1 Å². The number of carbonyl (C=O) groups excluding carboxylic acids is 1. The highest BCUT2D eigenvalue weighted by molar-refractivity contribution is 5.74. The average Bonchev–Trinajstić information content (AvgIpc) is 2.28. The maximum atomic E-state index is 11.7. The first-order valence-corrected chi connectivity index (χ1v) is 5.40. The predicted octanol–water partition coefficient (Wildman–Crippen LogP) is 0.891. The Hall–Kier alpha value is -1.62. The second-order valence-electron chi connectivity index (χ2n) is 4.02. The van der Waals surface area contributed by atoms with E-state index in [4.69, 9.17) is 5.84 Å². The summed E-state index contributed by atoms with van der Waals surface area (Å²) in [6.45, 7) is 3.93. The van der Waals surface area contributed by atoms with Crippen molar-refractivity contribution in [1.29, 1.82) is 0 Å². The number of nitrogens with two attached hydrogens (primary N) is 1. The molecule has 0 unspecified atom stereocenters. The Morgan fingerprint density at radius 3 is 3.06 bits per heavy atom. The third-order valence-electron chi connectivity index (χ3n) is 2.80. The summed E-state index contributed by atoms with van der Waals surface area (Å²) in [6, 6.07) is 3.78. The van der Waals surface area contributed by atoms with Crippen LogP contribution in [0.4, 0.5) is 4.79 Å². The van der Waals surface area contributed by atoms with Crippen molar-refractivity contribution in [3.63, 3.8) is 0 Å². The van der Waals surface area contributed by atoms with Crippen LogP contribution in [0.25, 0.3) is 0 Å². The summed E-state index contributed by atoms with van der Waals surface area (Å²) in [4.78, 5) is 17.8. The molecule has 1 aliphatic heterocycles. The van der Waals surface area contributed by atoms with Gasteiger partial charge >= 0.3 is 6.03 Å². The van der Waals surface area contributed by atoms with Gasteiger partial charge in [-0.15, -0.1) is 0 Å². The van der Waals surface area contributed by atoms with Crippen LogP contribution >= 0.6 is 0 Å². The molecule has 0 saturated carbocycles. The van der Waals surface area contributed by atoms with E-state index >= 15 is 0 Å². The average molecular weight is 220 g/mol. The maximum absolute atomic E-state index is 11.7. The van der Waals surface area contributed by atoms with E-state index in [0.717, 1.165) is 24.2 Å². The fourth-order valence-electron chi connectivity index (χ4n) is 1.82. The van der Waals surface area contributed by atoms with Gasteiger partial charge in [-0.25, -0.2) is 10.6 Å². The number of rotatable bonds is 2. The summed E-state index contributed by atoms with van der Waals surface area (Å²) in [7, 11) is 0. The minimum Gasteiger partial charge on any atom is -0.318 e. The van der Waals surface area contributed by atoms with Crippen LogP contribution in [0, 0.1) is 6.92 Å². The third-order valence-corrected chi connectivity index (χ3v) is 2.80. The lowest BCUT2D eigenvalue weighted by atomic mass is 10.2. The van der Waals surface area contributed by atoms with E-state index in [1.54, 1.807) is 11.1 Å². The van der Waals surface area contributed by atoms with Gasteiger partial charge in [0.2, 0.25) is 0 Å². The normalized spacial score (nSPS) is 16.8. The van der Waals surface area contributed by atoms with Crippen molar-refractivity contribution in [3.05, 3.63) is 29.6 Å². The summed E-state index contributed by atoms with van der Waals surface area (Å²) in [6.07, 6.45) is 2.66. The molecular formula is C11H16N4O. The van der Waals surface area contributed by atoms with Gasteiger partial charge in [0.05, 0.1) is 12.2 Å². The molecule has 0 atom stereocenters. The monoisotopic (exact) mass is 220 g/mol. The summed E-state index contributed by atoms with van der Waals surface area (Å²) in [5.74, 6) is 5.58. The molecule has 1 aliphatic rings. The minimum absolute atomic E-state index is 0.115. The van der Waals surface area contributed by atoms with Crippen molar-refractivity contribution < 1.29 is 4.79 Å². The molecule has 2 heterocycles. The first-order chi connectivity index (χ1) is 7.68. The van der Waals surface area contributed by atoms with Gasteiger partial charge in [0.1, 0.15) is 0 Å². The Morgan fingerprint density at radius 2 is 2.31 bits per heavy atom. The van der Waals surface area contributed by atoms with Gasteiger partial charge in [-0.1, -0.05) is 6.07 Å². The lowest BCUT2D eigenvalue weighted by Crippen LogP contribution is -2.52. The van der Waals surface area contributed by atoms with Crippen molar-refractivity contribution in [2.75, 3.05) is 13.1 Å². The van der Waals surface area contributed by atoms with Gasteiger partial charge in [-0.05, 0) is 25.0 Å². The molecule has 2 N–H and O–H groups in total. The van der Waals surface area contributed by atoms with Crippen molar-refractivity contribution in [1.82, 2.24) is 14.9 Å². The van der Waals surface area contributed by atoms with Crippen LogP contribution in [0.1, 0.15) is 17.7 Å². The third kappa shape index (κ3) is 2.14. The van der Waals surface area contributed by atoms with Gasteiger partial charge in [0.25, 0.3) is 0 Å². The van der Waals surface area contributed by atoms with Crippen molar-refractivity contribution >= 4 is 6.03 Å². The number of aryl methyl sites for hydroxylation is 1. The summed E-state index contributed by atoms with van der Waals surface area (Å²) >= 11 is 0. The van der Waals surface area contributed by atoms with E-state index in [9.17, 15) is 4.79 Å². The topological polar surface area (TPSA) is 62.5 Å². The number of urea groups is 1. The second kappa shape index (κ2) is 4.49. The van der Waals surface area contributed by atoms with Crippen LogP contribution in [0.15, 0.2) is 18.3 Å². The minimum atomic E-state index is -0.115. The number of hydrazine groups is 1. The van der Waals surface area contributed by atoms with Crippen LogP contribution in [0.3, 0.4) is 0 Å². The molecule has 0 radical (unpaired) electrons. The molecule has 5 heteroatoms. The quantitative estimate of drug-likeness (QED) is 0.594. The molecule has 5 nitrogen and oxygen atoms in total. The number of hydrogen-bond donors (Lipinski definition) is 1. The van der Waals surface area contributed by atoms with Gasteiger partial charge in [0.15, 0.2) is 0 Å². The Labute approximate surface area is 94.8 Å². The van der Waals surface area contributed by atoms with Gasteiger partial charge in [0, 0.05) is 19.3 Å². The van der Waals surface area contributed by atoms with Gasteiger partial charge in [-0.2, -0.15) is 0 Å². The zero-order valence-electron chi connectivity index (χ0n) is 9.39. The van der Waals surface area contributed by atoms with E-state index in [1.165, 1.54) is 5.01 Å². The zero-order chi connectivity index (χ0) is 11.5. The van der Waals surface area contributed by atoms with Gasteiger partial charge < -0.3 is 4.90 Å². The highest BCUT2D eigenvalue weighted by Crippen LogP contribution is 2.12. The summed E-state index contributed by atoms with van der Waals surface area (Å²) in [5, 5.41) is 1.27. The van der Waals surface area contributed by atoms with Crippen molar-refractivity contribution in [2.45, 2.75) is 19.9 Å². The molecule has 2 rings (SSSR count). The molecule has 0 aliphatic carbocycles. The van der Waals surface area contributed by atoms with Crippen LogP contribution < -0.4 is 5.84 Å². The van der Waals surface area contributed by atoms with E-state index in [-0.39, 0.29) is 6.03 Å². The fraction of sp³-hybridized carbons (Fsp3) is 0.455. The van der Waals surface area contributed by atoms with Crippen molar-refractivity contribution in [3.8, 4) is 0 Å². The molecule has 0 bridgehead atoms. The Balaban J connectivity index is 2.10. The second-order valence-corrected chi connectivity index (χ2v) is 4.02. The SMILES string of the molecule is Cc1cccnc1CN1CCCN(N)C1=O. The molecule has 2 amide bonds. The van der Waals surface area contributed by atoms with Gasteiger partial charge in [-0.3, -0.25) is 9.99 Å². The summed E-state index contributed by atoms with van der Waals surface area (Å²) in [5.41, 5.74) is 2.04. The molecule has 0 spiro atoms. The number of hydrogen-bond acceptors (Lipinski definition) is 3. The van der Waals surface area contributed by atoms with Crippen LogP contribution in [-0.2, 0) is 6.54 Å². The molecule has 86 valence electrons. The number of aromatic nitrogens is 1. The lowest BCUT2D eigenvalue weighted by molar-refractivity contribution is 0.126. The first-order valence-electron chi connectivity index (χ1n) is 5.40. The molecule has 16 heavy (non-hydrogen) atoms. The van der Waals surface area contributed by atoms with E-state index < -0.39 is 0 Å². The zero-order valence-corrected chi connectivity index (χ0v) is 9.39. The molecular weight excluding hydrogens is 204 g/mol. The molecule has 1 fully saturated rings. The van der Waals surface area contributed by atoms with E-state index in [2.05, 4.69) is 4.98 Å². The highest BCUT2D eigenvalue weighted by atomic mass is 16.2. The Kier molecular flexibility index (Phi) is 3.05. The molecule has 0 aromatic carbocycles. The largest absolute Gasteiger partial charge is 0.334 e. The van der Waals surface area contributed by atoms with E-state index in [1.807, 2.05) is 19.1 Å². The number of nitrogens with zero attached hydrogens (tertiary/aromatic N) is 3. The number of carbonyl (C=O) groups is 1. The lowest BCUT2D eigenvalue weighted by Gasteiger charge is -2.32. The summed E-state index contributed by atoms with van der Waals surface area (Å²) < 4.78 is 0. The molecule has 1 saturated heterocycles. The molecule has 1 aromatic rings. The number of pyridine rings is 1. The van der Waals surface area contributed by atoms with Crippen LogP contribution in [0.5, 0.6) is 0 Å².